The summed E-state index contributed by atoms with van der Waals surface area (Å²) in [5.41, 5.74) is 0. The molecule has 1 N–H and O–H groups in total. The lowest BCUT2D eigenvalue weighted by Gasteiger charge is -2.37. The second-order valence-corrected chi connectivity index (χ2v) is 5.30. The standard InChI is InChI=1S/C12H21N3S/c1-3-15(11-5-4-6-13-9-11)10(2)12-14-7-8-16-12/h7-8,10-11,13H,3-6,9H2,1-2H3. The molecule has 0 radical (unpaired) electrons. The van der Waals surface area contributed by atoms with Gasteiger partial charge in [0.1, 0.15) is 5.01 Å². The molecule has 0 saturated carbocycles. The van der Waals surface area contributed by atoms with E-state index in [9.17, 15) is 0 Å². The van der Waals surface area contributed by atoms with E-state index in [1.54, 1.807) is 11.3 Å². The van der Waals surface area contributed by atoms with Crippen molar-refractivity contribution in [1.29, 1.82) is 0 Å². The van der Waals surface area contributed by atoms with Crippen molar-refractivity contribution < 1.29 is 0 Å². The molecule has 0 spiro atoms. The Bertz CT molecular complexity index is 293. The predicted molar refractivity (Wildman–Crippen MR) is 68.8 cm³/mol. The quantitative estimate of drug-likeness (QED) is 0.873. The second kappa shape index (κ2) is 5.75. The Balaban J connectivity index is 2.03. The van der Waals surface area contributed by atoms with Gasteiger partial charge >= 0.3 is 0 Å². The summed E-state index contributed by atoms with van der Waals surface area (Å²) in [6, 6.07) is 1.13. The summed E-state index contributed by atoms with van der Waals surface area (Å²) < 4.78 is 0. The number of rotatable bonds is 4. The SMILES string of the molecule is CCN(C1CCCNC1)C(C)c1nccs1. The molecule has 90 valence electrons. The van der Waals surface area contributed by atoms with Crippen molar-refractivity contribution in [2.45, 2.75) is 38.8 Å². The Hall–Kier alpha value is -0.450. The first-order valence-electron chi connectivity index (χ1n) is 6.18. The summed E-state index contributed by atoms with van der Waals surface area (Å²) in [7, 11) is 0. The van der Waals surface area contributed by atoms with Gasteiger partial charge in [-0.15, -0.1) is 11.3 Å². The van der Waals surface area contributed by atoms with Gasteiger partial charge < -0.3 is 5.32 Å². The van der Waals surface area contributed by atoms with Gasteiger partial charge in [-0.1, -0.05) is 6.92 Å². The molecule has 2 rings (SSSR count). The van der Waals surface area contributed by atoms with Gasteiger partial charge in [-0.25, -0.2) is 4.98 Å². The van der Waals surface area contributed by atoms with Crippen LogP contribution in [0.2, 0.25) is 0 Å². The molecule has 4 heteroatoms. The number of hydrogen-bond acceptors (Lipinski definition) is 4. The van der Waals surface area contributed by atoms with E-state index in [0.717, 1.165) is 13.1 Å². The summed E-state index contributed by atoms with van der Waals surface area (Å²) in [4.78, 5) is 7.01. The number of hydrogen-bond donors (Lipinski definition) is 1. The lowest BCUT2D eigenvalue weighted by atomic mass is 10.0. The van der Waals surface area contributed by atoms with Crippen LogP contribution in [0.5, 0.6) is 0 Å². The number of likely N-dealkylation sites (N-methyl/N-ethyl adjacent to an activating group) is 1. The lowest BCUT2D eigenvalue weighted by Crippen LogP contribution is -2.46. The highest BCUT2D eigenvalue weighted by Gasteiger charge is 2.25. The summed E-state index contributed by atoms with van der Waals surface area (Å²) >= 11 is 1.77. The fourth-order valence-electron chi connectivity index (χ4n) is 2.55. The summed E-state index contributed by atoms with van der Waals surface area (Å²) in [6.07, 6.45) is 4.52. The number of aromatic nitrogens is 1. The molecule has 1 aliphatic heterocycles. The van der Waals surface area contributed by atoms with Crippen molar-refractivity contribution in [2.24, 2.45) is 0 Å². The van der Waals surface area contributed by atoms with Crippen LogP contribution in [0.4, 0.5) is 0 Å². The first-order valence-corrected chi connectivity index (χ1v) is 7.06. The van der Waals surface area contributed by atoms with E-state index in [1.165, 1.54) is 24.4 Å². The molecule has 2 unspecified atom stereocenters. The maximum Gasteiger partial charge on any atom is 0.109 e. The van der Waals surface area contributed by atoms with E-state index in [-0.39, 0.29) is 0 Å². The highest BCUT2D eigenvalue weighted by Crippen LogP contribution is 2.25. The molecule has 1 fully saturated rings. The lowest BCUT2D eigenvalue weighted by molar-refractivity contribution is 0.128. The van der Waals surface area contributed by atoms with Crippen LogP contribution in [0.15, 0.2) is 11.6 Å². The molecule has 1 saturated heterocycles. The minimum Gasteiger partial charge on any atom is -0.315 e. The van der Waals surface area contributed by atoms with Crippen LogP contribution in [-0.2, 0) is 0 Å². The third-order valence-electron chi connectivity index (χ3n) is 3.41. The smallest absolute Gasteiger partial charge is 0.109 e. The first-order chi connectivity index (χ1) is 7.83. The summed E-state index contributed by atoms with van der Waals surface area (Å²) in [6.45, 7) is 7.94. The van der Waals surface area contributed by atoms with Crippen molar-refractivity contribution in [1.82, 2.24) is 15.2 Å². The maximum absolute atomic E-state index is 4.44. The highest BCUT2D eigenvalue weighted by atomic mass is 32.1. The molecule has 0 amide bonds. The van der Waals surface area contributed by atoms with Crippen molar-refractivity contribution >= 4 is 11.3 Å². The van der Waals surface area contributed by atoms with Gasteiger partial charge in [0, 0.05) is 24.2 Å². The number of nitrogens with zero attached hydrogens (tertiary/aromatic N) is 2. The van der Waals surface area contributed by atoms with Gasteiger partial charge in [0.05, 0.1) is 6.04 Å². The predicted octanol–water partition coefficient (Wildman–Crippen LogP) is 2.28. The van der Waals surface area contributed by atoms with Gasteiger partial charge in [0.2, 0.25) is 0 Å². The zero-order chi connectivity index (χ0) is 11.4. The molecule has 0 aliphatic carbocycles. The third kappa shape index (κ3) is 2.62. The molecule has 16 heavy (non-hydrogen) atoms. The molecule has 3 nitrogen and oxygen atoms in total. The van der Waals surface area contributed by atoms with Crippen LogP contribution in [0.1, 0.15) is 37.7 Å². The van der Waals surface area contributed by atoms with Crippen LogP contribution >= 0.6 is 11.3 Å². The van der Waals surface area contributed by atoms with E-state index in [1.807, 2.05) is 6.20 Å². The molecule has 2 atom stereocenters. The first kappa shape index (κ1) is 12.0. The van der Waals surface area contributed by atoms with Crippen molar-refractivity contribution in [3.05, 3.63) is 16.6 Å². The number of piperidine rings is 1. The number of thiazole rings is 1. The monoisotopic (exact) mass is 239 g/mol. The zero-order valence-electron chi connectivity index (χ0n) is 10.1. The topological polar surface area (TPSA) is 28.2 Å². The minimum atomic E-state index is 0.454. The van der Waals surface area contributed by atoms with Gasteiger partial charge in [0.25, 0.3) is 0 Å². The Labute approximate surface area is 102 Å². The summed E-state index contributed by atoms with van der Waals surface area (Å²) in [5.74, 6) is 0. The molecular weight excluding hydrogens is 218 g/mol. The molecular formula is C12H21N3S. The zero-order valence-corrected chi connectivity index (χ0v) is 11.0. The fourth-order valence-corrected chi connectivity index (χ4v) is 3.26. The molecule has 0 bridgehead atoms. The van der Waals surface area contributed by atoms with E-state index >= 15 is 0 Å². The Morgan fingerprint density at radius 1 is 1.69 bits per heavy atom. The van der Waals surface area contributed by atoms with E-state index in [0.29, 0.717) is 12.1 Å². The Kier molecular flexibility index (Phi) is 4.32. The van der Waals surface area contributed by atoms with Gasteiger partial charge in [-0.05, 0) is 32.9 Å². The van der Waals surface area contributed by atoms with Crippen LogP contribution in [-0.4, -0.2) is 35.6 Å². The summed E-state index contributed by atoms with van der Waals surface area (Å²) in [5, 5.41) is 6.80. The van der Waals surface area contributed by atoms with Crippen molar-refractivity contribution in [3.63, 3.8) is 0 Å². The Morgan fingerprint density at radius 2 is 2.56 bits per heavy atom. The van der Waals surface area contributed by atoms with Crippen LogP contribution in [0.25, 0.3) is 0 Å². The van der Waals surface area contributed by atoms with Gasteiger partial charge in [-0.3, -0.25) is 4.90 Å². The average Bonchev–Trinajstić information content (AvgIpc) is 2.85. The minimum absolute atomic E-state index is 0.454. The van der Waals surface area contributed by atoms with Gasteiger partial charge in [0.15, 0.2) is 0 Å². The van der Waals surface area contributed by atoms with Crippen LogP contribution in [0.3, 0.4) is 0 Å². The molecule has 1 aliphatic rings. The maximum atomic E-state index is 4.44. The van der Waals surface area contributed by atoms with Gasteiger partial charge in [-0.2, -0.15) is 0 Å². The van der Waals surface area contributed by atoms with Crippen LogP contribution in [0, 0.1) is 0 Å². The molecule has 1 aromatic heterocycles. The highest BCUT2D eigenvalue weighted by molar-refractivity contribution is 7.09. The second-order valence-electron chi connectivity index (χ2n) is 4.38. The Morgan fingerprint density at radius 3 is 3.12 bits per heavy atom. The molecule has 1 aromatic rings. The largest absolute Gasteiger partial charge is 0.315 e. The third-order valence-corrected chi connectivity index (χ3v) is 4.36. The van der Waals surface area contributed by atoms with Crippen LogP contribution < -0.4 is 5.32 Å². The average molecular weight is 239 g/mol. The van der Waals surface area contributed by atoms with Crippen molar-refractivity contribution in [3.8, 4) is 0 Å². The molecule has 2 heterocycles. The van der Waals surface area contributed by atoms with E-state index < -0.39 is 0 Å². The van der Waals surface area contributed by atoms with Crippen molar-refractivity contribution in [2.75, 3.05) is 19.6 Å². The molecule has 0 aromatic carbocycles. The van der Waals surface area contributed by atoms with E-state index in [4.69, 9.17) is 0 Å². The van der Waals surface area contributed by atoms with E-state index in [2.05, 4.69) is 34.4 Å². The number of nitrogens with one attached hydrogen (secondary N) is 1. The fraction of sp³-hybridized carbons (Fsp3) is 0.750. The normalized spacial score (nSPS) is 23.6.